The summed E-state index contributed by atoms with van der Waals surface area (Å²) in [7, 11) is 0. The van der Waals surface area contributed by atoms with Crippen LogP contribution in [0.15, 0.2) is 0 Å². The fourth-order valence-corrected chi connectivity index (χ4v) is 3.24. The number of hydrogen-bond acceptors (Lipinski definition) is 2. The first-order valence-corrected chi connectivity index (χ1v) is 7.82. The number of hydrogen-bond donors (Lipinski definition) is 2. The Morgan fingerprint density at radius 1 is 1.20 bits per heavy atom. The number of amides is 2. The zero-order valence-corrected chi connectivity index (χ0v) is 12.3. The van der Waals surface area contributed by atoms with Crippen LogP contribution >= 0.6 is 0 Å². The molecule has 0 aromatic heterocycles. The zero-order valence-electron chi connectivity index (χ0n) is 12.3. The molecule has 2 N–H and O–H groups in total. The van der Waals surface area contributed by atoms with Gasteiger partial charge in [-0.2, -0.15) is 0 Å². The highest BCUT2D eigenvalue weighted by Gasteiger charge is 2.28. The molecule has 20 heavy (non-hydrogen) atoms. The van der Waals surface area contributed by atoms with E-state index in [2.05, 4.69) is 12.2 Å². The minimum absolute atomic E-state index is 0.0884. The molecule has 1 atom stereocenters. The van der Waals surface area contributed by atoms with Crippen LogP contribution in [-0.4, -0.2) is 41.6 Å². The van der Waals surface area contributed by atoms with Gasteiger partial charge in [-0.3, -0.25) is 4.79 Å². The average molecular weight is 282 g/mol. The van der Waals surface area contributed by atoms with Gasteiger partial charge in [0.05, 0.1) is 5.92 Å². The second-order valence-corrected chi connectivity index (χ2v) is 6.44. The van der Waals surface area contributed by atoms with Gasteiger partial charge < -0.3 is 15.3 Å². The van der Waals surface area contributed by atoms with Gasteiger partial charge in [0.1, 0.15) is 0 Å². The molecule has 1 saturated carbocycles. The SMILES string of the molecule is CC1CCC(CNC(=O)N2CCC[C@@H](C(=O)O)C2)CC1. The molecule has 1 aliphatic heterocycles. The number of likely N-dealkylation sites (tertiary alicyclic amines) is 1. The number of piperidine rings is 1. The van der Waals surface area contributed by atoms with Crippen molar-refractivity contribution >= 4 is 12.0 Å². The van der Waals surface area contributed by atoms with Crippen molar-refractivity contribution < 1.29 is 14.7 Å². The lowest BCUT2D eigenvalue weighted by molar-refractivity contribution is -0.143. The molecular weight excluding hydrogens is 256 g/mol. The van der Waals surface area contributed by atoms with E-state index >= 15 is 0 Å². The molecule has 2 fully saturated rings. The molecule has 1 heterocycles. The number of carboxylic acid groups (broad SMARTS) is 1. The molecule has 0 bridgehead atoms. The number of carbonyl (C=O) groups is 2. The number of carboxylic acids is 1. The van der Waals surface area contributed by atoms with Crippen LogP contribution in [0.4, 0.5) is 4.79 Å². The summed E-state index contributed by atoms with van der Waals surface area (Å²) in [5, 5.41) is 12.0. The monoisotopic (exact) mass is 282 g/mol. The van der Waals surface area contributed by atoms with Gasteiger partial charge in [-0.1, -0.05) is 19.8 Å². The first-order valence-electron chi connectivity index (χ1n) is 7.82. The van der Waals surface area contributed by atoms with Crippen molar-refractivity contribution in [2.75, 3.05) is 19.6 Å². The largest absolute Gasteiger partial charge is 0.481 e. The molecular formula is C15H26N2O3. The molecule has 2 rings (SSSR count). The third-order valence-corrected chi connectivity index (χ3v) is 4.74. The fraction of sp³-hybridized carbons (Fsp3) is 0.867. The van der Waals surface area contributed by atoms with Crippen LogP contribution in [0.5, 0.6) is 0 Å². The molecule has 5 nitrogen and oxygen atoms in total. The van der Waals surface area contributed by atoms with Gasteiger partial charge in [0.15, 0.2) is 0 Å². The summed E-state index contributed by atoms with van der Waals surface area (Å²) >= 11 is 0. The summed E-state index contributed by atoms with van der Waals surface area (Å²) in [5.41, 5.74) is 0. The van der Waals surface area contributed by atoms with Crippen LogP contribution in [0.1, 0.15) is 45.4 Å². The minimum Gasteiger partial charge on any atom is -0.481 e. The van der Waals surface area contributed by atoms with E-state index in [1.54, 1.807) is 4.90 Å². The summed E-state index contributed by atoms with van der Waals surface area (Å²) in [4.78, 5) is 24.8. The highest BCUT2D eigenvalue weighted by atomic mass is 16.4. The third kappa shape index (κ3) is 4.12. The predicted molar refractivity (Wildman–Crippen MR) is 76.5 cm³/mol. The summed E-state index contributed by atoms with van der Waals surface area (Å²) in [6, 6.07) is -0.0884. The predicted octanol–water partition coefficient (Wildman–Crippen LogP) is 2.32. The van der Waals surface area contributed by atoms with E-state index in [0.29, 0.717) is 25.4 Å². The van der Waals surface area contributed by atoms with E-state index in [4.69, 9.17) is 5.11 Å². The Morgan fingerprint density at radius 2 is 1.90 bits per heavy atom. The van der Waals surface area contributed by atoms with Gasteiger partial charge in [0, 0.05) is 19.6 Å². The molecule has 0 spiro atoms. The van der Waals surface area contributed by atoms with E-state index in [1.165, 1.54) is 25.7 Å². The second kappa shape index (κ2) is 6.95. The molecule has 114 valence electrons. The number of urea groups is 1. The maximum absolute atomic E-state index is 12.1. The molecule has 5 heteroatoms. The van der Waals surface area contributed by atoms with Crippen LogP contribution in [0, 0.1) is 17.8 Å². The summed E-state index contributed by atoms with van der Waals surface area (Å²) < 4.78 is 0. The maximum Gasteiger partial charge on any atom is 0.317 e. The summed E-state index contributed by atoms with van der Waals surface area (Å²) in [6.07, 6.45) is 6.36. The van der Waals surface area contributed by atoms with E-state index in [-0.39, 0.29) is 6.03 Å². The fourth-order valence-electron chi connectivity index (χ4n) is 3.24. The molecule has 0 aromatic carbocycles. The van der Waals surface area contributed by atoms with E-state index in [0.717, 1.165) is 18.9 Å². The average Bonchev–Trinajstić information content (AvgIpc) is 2.46. The molecule has 0 unspecified atom stereocenters. The Morgan fingerprint density at radius 3 is 2.55 bits per heavy atom. The van der Waals surface area contributed by atoms with Crippen LogP contribution in [0.25, 0.3) is 0 Å². The number of aliphatic carboxylic acids is 1. The van der Waals surface area contributed by atoms with Crippen molar-refractivity contribution in [3.63, 3.8) is 0 Å². The van der Waals surface area contributed by atoms with Crippen LogP contribution in [0.2, 0.25) is 0 Å². The van der Waals surface area contributed by atoms with Crippen LogP contribution in [-0.2, 0) is 4.79 Å². The summed E-state index contributed by atoms with van der Waals surface area (Å²) in [5.74, 6) is 0.226. The highest BCUT2D eigenvalue weighted by Crippen LogP contribution is 2.27. The van der Waals surface area contributed by atoms with Gasteiger partial charge in [0.25, 0.3) is 0 Å². The van der Waals surface area contributed by atoms with Gasteiger partial charge in [-0.05, 0) is 37.5 Å². The topological polar surface area (TPSA) is 69.6 Å². The first kappa shape index (κ1) is 15.1. The Balaban J connectivity index is 1.73. The van der Waals surface area contributed by atoms with Gasteiger partial charge in [0.2, 0.25) is 0 Å². The quantitative estimate of drug-likeness (QED) is 0.834. The molecule has 1 aliphatic carbocycles. The number of carbonyl (C=O) groups excluding carboxylic acids is 1. The van der Waals surface area contributed by atoms with E-state index in [9.17, 15) is 9.59 Å². The minimum atomic E-state index is -0.788. The Hall–Kier alpha value is -1.26. The van der Waals surface area contributed by atoms with Crippen molar-refractivity contribution in [3.05, 3.63) is 0 Å². The molecule has 0 radical (unpaired) electrons. The smallest absolute Gasteiger partial charge is 0.317 e. The Labute approximate surface area is 120 Å². The van der Waals surface area contributed by atoms with Crippen molar-refractivity contribution in [3.8, 4) is 0 Å². The maximum atomic E-state index is 12.1. The summed E-state index contributed by atoms with van der Waals surface area (Å²) in [6.45, 7) is 4.05. The third-order valence-electron chi connectivity index (χ3n) is 4.74. The molecule has 0 aromatic rings. The Kier molecular flexibility index (Phi) is 5.26. The van der Waals surface area contributed by atoms with E-state index in [1.807, 2.05) is 0 Å². The van der Waals surface area contributed by atoms with Gasteiger partial charge in [-0.25, -0.2) is 4.79 Å². The lowest BCUT2D eigenvalue weighted by atomic mass is 9.83. The molecule has 2 amide bonds. The highest BCUT2D eigenvalue weighted by molar-refractivity contribution is 5.76. The molecule has 2 aliphatic rings. The van der Waals surface area contributed by atoms with Crippen LogP contribution in [0.3, 0.4) is 0 Å². The number of rotatable bonds is 3. The number of nitrogens with one attached hydrogen (secondary N) is 1. The standard InChI is InChI=1S/C15H26N2O3/c1-11-4-6-12(7-5-11)9-16-15(20)17-8-2-3-13(10-17)14(18)19/h11-13H,2-10H2,1H3,(H,16,20)(H,18,19)/t11?,12?,13-/m1/s1. The Bertz CT molecular complexity index is 351. The number of nitrogens with zero attached hydrogens (tertiary/aromatic N) is 1. The zero-order chi connectivity index (χ0) is 14.5. The van der Waals surface area contributed by atoms with E-state index < -0.39 is 11.9 Å². The van der Waals surface area contributed by atoms with Gasteiger partial charge in [-0.15, -0.1) is 0 Å². The molecule has 1 saturated heterocycles. The lowest BCUT2D eigenvalue weighted by Crippen LogP contribution is -2.48. The van der Waals surface area contributed by atoms with Crippen molar-refractivity contribution in [1.82, 2.24) is 10.2 Å². The van der Waals surface area contributed by atoms with Gasteiger partial charge >= 0.3 is 12.0 Å². The van der Waals surface area contributed by atoms with Crippen molar-refractivity contribution in [2.45, 2.75) is 45.4 Å². The van der Waals surface area contributed by atoms with Crippen LogP contribution < -0.4 is 5.32 Å². The normalized spacial score (nSPS) is 30.9. The van der Waals surface area contributed by atoms with Crippen molar-refractivity contribution in [2.24, 2.45) is 17.8 Å². The second-order valence-electron chi connectivity index (χ2n) is 6.44. The first-order chi connectivity index (χ1) is 9.56. The lowest BCUT2D eigenvalue weighted by Gasteiger charge is -2.32. The van der Waals surface area contributed by atoms with Crippen molar-refractivity contribution in [1.29, 1.82) is 0 Å².